The molecule has 0 radical (unpaired) electrons. The second kappa shape index (κ2) is 42.5. The molecule has 0 atom stereocenters. The van der Waals surface area contributed by atoms with Gasteiger partial charge in [-0.1, -0.05) is 112 Å². The summed E-state index contributed by atoms with van der Waals surface area (Å²) in [5, 5.41) is 51.8. The van der Waals surface area contributed by atoms with E-state index < -0.39 is 160 Å². The molecule has 28 nitrogen and oxygen atoms in total. The van der Waals surface area contributed by atoms with E-state index in [-0.39, 0.29) is 80.9 Å². The Hall–Kier alpha value is -14.2. The fourth-order valence-corrected chi connectivity index (χ4v) is 12.0. The minimum atomic E-state index is -1.58. The Labute approximate surface area is 746 Å². The molecule has 0 aliphatic heterocycles. The highest BCUT2D eigenvalue weighted by atomic mass is 79.9. The van der Waals surface area contributed by atoms with Crippen LogP contribution in [0.4, 0.5) is 69.4 Å². The van der Waals surface area contributed by atoms with Gasteiger partial charge in [-0.3, -0.25) is 0 Å². The van der Waals surface area contributed by atoms with Crippen molar-refractivity contribution >= 4 is 172 Å². The number of esters is 2. The maximum Gasteiger partial charge on any atom is 0.358 e. The molecule has 12 rings (SSSR count). The molecule has 0 fully saturated rings. The molecule has 44 heteroatoms. The molecule has 6 aromatic carbocycles. The molecule has 0 bridgehead atoms. The number of hydrogen-bond donors (Lipinski definition) is 10. The largest absolute Gasteiger partial charge is 0.491 e. The number of ether oxygens (including phenoxy) is 3. The summed E-state index contributed by atoms with van der Waals surface area (Å²) in [6.07, 6.45) is 10.5. The van der Waals surface area contributed by atoms with Crippen molar-refractivity contribution in [2.75, 3.05) is 55.7 Å². The first-order valence-electron chi connectivity index (χ1n) is 33.4. The average molecular weight is 1960 g/mol. The molecule has 0 unspecified atom stereocenters. The van der Waals surface area contributed by atoms with Gasteiger partial charge in [-0.2, -0.15) is 10.5 Å². The molecule has 12 aromatic rings. The Morgan fingerprint density at radius 2 is 0.760 bits per heavy atom. The normalized spacial score (nSPS) is 10.2. The number of aromatic nitrogens is 7. The van der Waals surface area contributed by atoms with Crippen molar-refractivity contribution in [3.05, 3.63) is 263 Å². The fourth-order valence-electron chi connectivity index (χ4n) is 10.1. The van der Waals surface area contributed by atoms with Gasteiger partial charge < -0.3 is 69.0 Å². The van der Waals surface area contributed by atoms with E-state index in [9.17, 15) is 63.9 Å². The molecule has 125 heavy (non-hydrogen) atoms. The van der Waals surface area contributed by atoms with Gasteiger partial charge in [-0.05, 0) is 129 Å². The molecule has 6 heterocycles. The number of rotatable bonds is 13. The van der Waals surface area contributed by atoms with Crippen LogP contribution in [-0.4, -0.2) is 112 Å². The number of anilines is 6. The van der Waals surface area contributed by atoms with Crippen LogP contribution >= 0.6 is 101 Å². The van der Waals surface area contributed by atoms with Crippen LogP contribution in [0.1, 0.15) is 90.7 Å². The van der Waals surface area contributed by atoms with Crippen molar-refractivity contribution in [1.29, 1.82) is 10.5 Å². The maximum atomic E-state index is 14.2. The summed E-state index contributed by atoms with van der Waals surface area (Å²) in [7, 11) is 3.59. The topological polar surface area (TPSA) is 505 Å². The van der Waals surface area contributed by atoms with Crippen LogP contribution < -0.4 is 39.1 Å². The number of nitrogens with zero attached hydrogens (tertiary/aromatic N) is 9. The Bertz CT molecular complexity index is 6590. The van der Waals surface area contributed by atoms with Gasteiger partial charge in [0, 0.05) is 38.9 Å². The smallest absolute Gasteiger partial charge is 0.358 e. The summed E-state index contributed by atoms with van der Waals surface area (Å²) < 4.78 is 125. The van der Waals surface area contributed by atoms with Crippen LogP contribution in [0, 0.1) is 101 Å². The van der Waals surface area contributed by atoms with E-state index in [1.807, 2.05) is 18.2 Å². The Morgan fingerprint density at radius 3 is 1.22 bits per heavy atom. The van der Waals surface area contributed by atoms with E-state index in [1.54, 1.807) is 25.1 Å². The number of hydrogen-bond acceptors (Lipinski definition) is 24. The monoisotopic (exact) mass is 1960 g/mol. The highest BCUT2D eigenvalue weighted by Crippen LogP contribution is 2.41. The van der Waals surface area contributed by atoms with Crippen LogP contribution in [0.5, 0.6) is 5.75 Å². The van der Waals surface area contributed by atoms with E-state index in [4.69, 9.17) is 153 Å². The van der Waals surface area contributed by atoms with E-state index in [0.717, 1.165) is 48.6 Å². The molecule has 0 aliphatic carbocycles. The molecule has 16 N–H and O–H groups in total. The second-order valence-electron chi connectivity index (χ2n) is 24.0. The van der Waals surface area contributed by atoms with Crippen LogP contribution in [0.15, 0.2) is 124 Å². The van der Waals surface area contributed by atoms with Crippen LogP contribution in [0.25, 0.3) is 67.7 Å². The van der Waals surface area contributed by atoms with Gasteiger partial charge in [-0.15, -0.1) is 12.8 Å². The number of carboxylic acid groups (broad SMARTS) is 4. The Kier molecular flexibility index (Phi) is 33.3. The highest BCUT2D eigenvalue weighted by molar-refractivity contribution is 9.10. The number of carbonyl (C=O) groups is 6. The Balaban J connectivity index is 0.000000206. The first-order valence-corrected chi connectivity index (χ1v) is 37.2. The first kappa shape index (κ1) is 97.9. The second-order valence-corrected chi connectivity index (χ2v) is 28.0. The third-order valence-electron chi connectivity index (χ3n) is 16.3. The quantitative estimate of drug-likeness (QED) is 0.0222. The minimum Gasteiger partial charge on any atom is -0.491 e. The lowest BCUT2D eigenvalue weighted by Gasteiger charge is -2.12. The van der Waals surface area contributed by atoms with E-state index in [0.29, 0.717) is 45.3 Å². The number of carboxylic acids is 4. The average Bonchev–Trinajstić information content (AvgIpc) is 0.646. The molecular weight excluding hydrogens is 1920 g/mol. The lowest BCUT2D eigenvalue weighted by atomic mass is 10.0. The molecule has 0 spiro atoms. The minimum absolute atomic E-state index is 0.00158. The van der Waals surface area contributed by atoms with Crippen LogP contribution in [0.3, 0.4) is 0 Å². The van der Waals surface area contributed by atoms with E-state index >= 15 is 0 Å². The number of nitriles is 2. The first-order chi connectivity index (χ1) is 58.9. The van der Waals surface area contributed by atoms with Gasteiger partial charge in [-0.25, -0.2) is 98.8 Å². The molecule has 0 amide bonds. The molecule has 0 saturated carbocycles. The third-order valence-corrected chi connectivity index (χ3v) is 19.9. The standard InChI is InChI=1S/C16H13ClN2O2.C14H8ClF2N3O2.C14H10FN3O3.C13H7ClFN3O2.C12H6BrCl2FN2O2.C12H5BrClF3N2O2/c1-4-10-5-7-11(8-6-10)14-9(2)13(18)12(17)15(19-14)16(20)21-3;1-22-14(21)13-9(15)11(19)10(17)12(20-13)7-3-2-6(5-18)4-8(7)16;1-3-7-4-5-8(9(15)6-7)13-17-10(14(19)20)11(21-2)12(16)18-13;14-8-10(17)9(15)11(18-12(8)13(19)20)7-3-1-6(5-16)2-4-7;13-5-2-1-4(3-6(5)16)10-7(14)9(17)8(15)11(18-10)12(19)20;13-4-2-5(15)3(1-6(4)16)10-8(17)9(18)7(14)11(19-10)12(20)21/h1,5-8H,2-3H3,(H2,18,19);2-4H,1H3,(H2,19,20);1,4-6H,2H3,(H,19,20)(H2,16,17,18);1-4H,(H2,17,18)(H,19,20);1-3H,(H2,17,18)(H,19,20);1-2H,(H2,18,19)(H,20,21). The van der Waals surface area contributed by atoms with Crippen molar-refractivity contribution in [3.8, 4) is 110 Å². The van der Waals surface area contributed by atoms with Gasteiger partial charge in [0.1, 0.15) is 46.2 Å². The van der Waals surface area contributed by atoms with Crippen LogP contribution in [0.2, 0.25) is 30.1 Å². The van der Waals surface area contributed by atoms with Gasteiger partial charge in [0.05, 0.1) is 129 Å². The van der Waals surface area contributed by atoms with Gasteiger partial charge in [0.15, 0.2) is 69.0 Å². The Morgan fingerprint density at radius 1 is 0.384 bits per heavy atom. The number of aromatic carboxylic acids is 4. The van der Waals surface area contributed by atoms with Crippen molar-refractivity contribution in [2.45, 2.75) is 6.92 Å². The summed E-state index contributed by atoms with van der Waals surface area (Å²) >= 11 is 40.6. The van der Waals surface area contributed by atoms with Crippen molar-refractivity contribution < 1.29 is 98.5 Å². The zero-order chi connectivity index (χ0) is 93.4. The van der Waals surface area contributed by atoms with Crippen LogP contribution in [-0.2, 0) is 9.47 Å². The fraction of sp³-hybridized carbons (Fsp3) is 0.0494. The zero-order valence-electron chi connectivity index (χ0n) is 63.1. The lowest BCUT2D eigenvalue weighted by Crippen LogP contribution is -2.10. The number of carbonyl (C=O) groups excluding carboxylic acids is 2. The number of methoxy groups -OCH3 is 3. The van der Waals surface area contributed by atoms with Crippen molar-refractivity contribution in [2.24, 2.45) is 0 Å². The van der Waals surface area contributed by atoms with Gasteiger partial charge >= 0.3 is 35.8 Å². The molecule has 0 aliphatic rings. The highest BCUT2D eigenvalue weighted by Gasteiger charge is 2.30. The molecule has 0 saturated heterocycles. The summed E-state index contributed by atoms with van der Waals surface area (Å²) in [6, 6.07) is 29.6. The number of benzene rings is 6. The van der Waals surface area contributed by atoms with Gasteiger partial charge in [0.2, 0.25) is 0 Å². The van der Waals surface area contributed by atoms with Crippen molar-refractivity contribution in [3.63, 3.8) is 0 Å². The van der Waals surface area contributed by atoms with Crippen molar-refractivity contribution in [1.82, 2.24) is 34.9 Å². The summed E-state index contributed by atoms with van der Waals surface area (Å²) in [6.45, 7) is 1.79. The lowest BCUT2D eigenvalue weighted by molar-refractivity contribution is 0.0585. The maximum absolute atomic E-state index is 14.2. The number of terminal acetylenes is 2. The SMILES string of the molecule is C#Cc1ccc(-c2nc(C(=O)OC)c(Cl)c(N)c2C)cc1.C#Cc1ccc(-c2nc(N)c(OC)c(C(=O)O)n2)c(F)c1.COC(=O)c1nc(-c2ccc(C#N)cc2F)c(F)c(N)c1Cl.N#Cc1ccc(-c2nc(C(=O)O)c(Cl)c(N)c2F)cc1.Nc1c(Cl)c(C(=O)O)nc(-c2ccc(Br)c(F)c2)c1Cl.Nc1c(F)c(-c2cc(F)c(Br)cc2F)nc(C(=O)O)c1Cl. The van der Waals surface area contributed by atoms with Gasteiger partial charge in [0.25, 0.3) is 0 Å². The number of nitrogen functional groups attached to an aromatic ring is 6. The number of pyridine rings is 5. The number of halogens is 16. The zero-order valence-corrected chi connectivity index (χ0v) is 70.8. The summed E-state index contributed by atoms with van der Waals surface area (Å²) in [5.74, 6) is -10.1. The third kappa shape index (κ3) is 22.4. The molecular formula is C81H49Br2Cl6F8N15O13. The number of nitrogens with two attached hydrogens (primary N) is 6. The predicted molar refractivity (Wildman–Crippen MR) is 455 cm³/mol. The predicted octanol–water partition coefficient (Wildman–Crippen LogP) is 18.3. The summed E-state index contributed by atoms with van der Waals surface area (Å²) in [5.41, 5.74) is 31.3. The van der Waals surface area contributed by atoms with E-state index in [1.165, 1.54) is 68.8 Å². The van der Waals surface area contributed by atoms with E-state index in [2.05, 4.69) is 88.1 Å². The summed E-state index contributed by atoms with van der Waals surface area (Å²) in [4.78, 5) is 94.1. The molecule has 6 aromatic heterocycles. The molecule has 638 valence electrons.